The Bertz CT molecular complexity index is 510. The summed E-state index contributed by atoms with van der Waals surface area (Å²) >= 11 is 0. The number of aromatic carboxylic acids is 1. The molecule has 0 aliphatic heterocycles. The van der Waals surface area contributed by atoms with E-state index in [2.05, 4.69) is 17.6 Å². The summed E-state index contributed by atoms with van der Waals surface area (Å²) < 4.78 is 0. The number of amides is 2. The number of carboxylic acids is 1. The van der Waals surface area contributed by atoms with Gasteiger partial charge in [0.2, 0.25) is 0 Å². The Kier molecular flexibility index (Phi) is 4.27. The van der Waals surface area contributed by atoms with Gasteiger partial charge < -0.3 is 15.7 Å². The number of urea groups is 1. The van der Waals surface area contributed by atoms with Gasteiger partial charge in [-0.15, -0.1) is 0 Å². The zero-order valence-corrected chi connectivity index (χ0v) is 11.6. The number of rotatable bonds is 6. The van der Waals surface area contributed by atoms with E-state index in [0.717, 1.165) is 12.0 Å². The average Bonchev–Trinajstić information content (AvgIpc) is 3.24. The summed E-state index contributed by atoms with van der Waals surface area (Å²) in [7, 11) is 0. The highest BCUT2D eigenvalue weighted by molar-refractivity contribution is 5.87. The monoisotopic (exact) mass is 276 g/mol. The van der Waals surface area contributed by atoms with Crippen LogP contribution in [0.3, 0.4) is 0 Å². The van der Waals surface area contributed by atoms with Crippen molar-refractivity contribution in [1.29, 1.82) is 0 Å². The molecule has 0 aromatic heterocycles. The fraction of sp³-hybridized carbons (Fsp3) is 0.467. The largest absolute Gasteiger partial charge is 0.478 e. The van der Waals surface area contributed by atoms with Crippen molar-refractivity contribution in [3.63, 3.8) is 0 Å². The fourth-order valence-electron chi connectivity index (χ4n) is 2.16. The normalized spacial score (nSPS) is 15.4. The van der Waals surface area contributed by atoms with Crippen molar-refractivity contribution < 1.29 is 14.7 Å². The van der Waals surface area contributed by atoms with Crippen LogP contribution in [-0.2, 0) is 6.54 Å². The second-order valence-corrected chi connectivity index (χ2v) is 5.40. The molecular weight excluding hydrogens is 256 g/mol. The number of benzene rings is 1. The third-order valence-corrected chi connectivity index (χ3v) is 3.96. The number of carbonyl (C=O) groups excluding carboxylic acids is 1. The molecule has 0 spiro atoms. The van der Waals surface area contributed by atoms with Gasteiger partial charge in [0.15, 0.2) is 0 Å². The summed E-state index contributed by atoms with van der Waals surface area (Å²) in [6.45, 7) is 3.18. The number of carboxylic acid groups (broad SMARTS) is 1. The molecule has 20 heavy (non-hydrogen) atoms. The molecule has 0 bridgehead atoms. The molecule has 0 heterocycles. The van der Waals surface area contributed by atoms with Crippen LogP contribution in [0.15, 0.2) is 24.3 Å². The zero-order valence-electron chi connectivity index (χ0n) is 11.6. The molecule has 1 aliphatic rings. The van der Waals surface area contributed by atoms with E-state index in [1.165, 1.54) is 18.9 Å². The lowest BCUT2D eigenvalue weighted by Crippen LogP contribution is -2.38. The maximum atomic E-state index is 11.7. The van der Waals surface area contributed by atoms with Gasteiger partial charge in [-0.2, -0.15) is 0 Å². The first-order valence-electron chi connectivity index (χ1n) is 6.89. The van der Waals surface area contributed by atoms with Gasteiger partial charge in [0, 0.05) is 13.1 Å². The number of carbonyl (C=O) groups is 2. The Morgan fingerprint density at radius 2 is 2.05 bits per heavy atom. The third kappa shape index (κ3) is 3.73. The Hall–Kier alpha value is -2.04. The Balaban J connectivity index is 1.78. The van der Waals surface area contributed by atoms with E-state index in [0.29, 0.717) is 18.5 Å². The van der Waals surface area contributed by atoms with E-state index in [9.17, 15) is 9.59 Å². The molecule has 0 radical (unpaired) electrons. The van der Waals surface area contributed by atoms with Crippen LogP contribution in [0.4, 0.5) is 4.79 Å². The smallest absolute Gasteiger partial charge is 0.335 e. The maximum Gasteiger partial charge on any atom is 0.335 e. The van der Waals surface area contributed by atoms with Crippen LogP contribution < -0.4 is 10.6 Å². The molecule has 0 saturated heterocycles. The number of hydrogen-bond acceptors (Lipinski definition) is 2. The van der Waals surface area contributed by atoms with Gasteiger partial charge in [-0.3, -0.25) is 0 Å². The van der Waals surface area contributed by atoms with Crippen molar-refractivity contribution in [3.05, 3.63) is 35.4 Å². The Morgan fingerprint density at radius 1 is 1.30 bits per heavy atom. The van der Waals surface area contributed by atoms with Crippen molar-refractivity contribution in [3.8, 4) is 0 Å². The second kappa shape index (κ2) is 5.94. The minimum atomic E-state index is -0.963. The highest BCUT2D eigenvalue weighted by Gasteiger charge is 2.40. The Morgan fingerprint density at radius 3 is 2.65 bits per heavy atom. The molecule has 1 aromatic rings. The SMILES string of the molecule is CCC1(CNC(=O)NCc2cccc(C(=O)O)c2)CC1. The van der Waals surface area contributed by atoms with E-state index in [4.69, 9.17) is 5.11 Å². The molecule has 5 heteroatoms. The molecule has 3 N–H and O–H groups in total. The summed E-state index contributed by atoms with van der Waals surface area (Å²) in [6.07, 6.45) is 3.46. The van der Waals surface area contributed by atoms with Crippen LogP contribution in [0, 0.1) is 5.41 Å². The van der Waals surface area contributed by atoms with Crippen molar-refractivity contribution in [2.45, 2.75) is 32.7 Å². The Labute approximate surface area is 118 Å². The summed E-state index contributed by atoms with van der Waals surface area (Å²) in [5, 5.41) is 14.5. The predicted octanol–water partition coefficient (Wildman–Crippen LogP) is 2.37. The molecular formula is C15H20N2O3. The topological polar surface area (TPSA) is 78.4 Å². The van der Waals surface area contributed by atoms with E-state index < -0.39 is 5.97 Å². The van der Waals surface area contributed by atoms with Crippen LogP contribution in [-0.4, -0.2) is 23.7 Å². The van der Waals surface area contributed by atoms with Gasteiger partial charge in [0.05, 0.1) is 5.56 Å². The summed E-state index contributed by atoms with van der Waals surface area (Å²) in [5.74, 6) is -0.963. The van der Waals surface area contributed by atoms with Gasteiger partial charge in [0.25, 0.3) is 0 Å². The van der Waals surface area contributed by atoms with Crippen molar-refractivity contribution >= 4 is 12.0 Å². The highest BCUT2D eigenvalue weighted by atomic mass is 16.4. The molecule has 2 amide bonds. The molecule has 1 saturated carbocycles. The lowest BCUT2D eigenvalue weighted by molar-refractivity contribution is 0.0696. The zero-order chi connectivity index (χ0) is 14.6. The first-order chi connectivity index (χ1) is 9.54. The van der Waals surface area contributed by atoms with Crippen LogP contribution in [0.5, 0.6) is 0 Å². The third-order valence-electron chi connectivity index (χ3n) is 3.96. The van der Waals surface area contributed by atoms with Crippen LogP contribution in [0.25, 0.3) is 0 Å². The van der Waals surface area contributed by atoms with Crippen molar-refractivity contribution in [1.82, 2.24) is 10.6 Å². The van der Waals surface area contributed by atoms with Gasteiger partial charge in [0.1, 0.15) is 0 Å². The molecule has 1 aromatic carbocycles. The summed E-state index contributed by atoms with van der Waals surface area (Å²) in [4.78, 5) is 22.5. The lowest BCUT2D eigenvalue weighted by Gasteiger charge is -2.14. The van der Waals surface area contributed by atoms with Crippen LogP contribution in [0.2, 0.25) is 0 Å². The van der Waals surface area contributed by atoms with Gasteiger partial charge >= 0.3 is 12.0 Å². The van der Waals surface area contributed by atoms with E-state index in [1.54, 1.807) is 18.2 Å². The molecule has 108 valence electrons. The van der Waals surface area contributed by atoms with Crippen molar-refractivity contribution in [2.24, 2.45) is 5.41 Å². The highest BCUT2D eigenvalue weighted by Crippen LogP contribution is 2.47. The predicted molar refractivity (Wildman–Crippen MR) is 75.6 cm³/mol. The summed E-state index contributed by atoms with van der Waals surface area (Å²) in [5.41, 5.74) is 1.32. The van der Waals surface area contributed by atoms with Crippen LogP contribution >= 0.6 is 0 Å². The summed E-state index contributed by atoms with van der Waals surface area (Å²) in [6, 6.07) is 6.36. The van der Waals surface area contributed by atoms with Gasteiger partial charge in [-0.25, -0.2) is 9.59 Å². The van der Waals surface area contributed by atoms with Crippen molar-refractivity contribution in [2.75, 3.05) is 6.54 Å². The van der Waals surface area contributed by atoms with Gasteiger partial charge in [-0.1, -0.05) is 19.1 Å². The first-order valence-corrected chi connectivity index (χ1v) is 6.89. The standard InChI is InChI=1S/C15H20N2O3/c1-2-15(6-7-15)10-17-14(20)16-9-11-4-3-5-12(8-11)13(18)19/h3-5,8H,2,6-7,9-10H2,1H3,(H,18,19)(H2,16,17,20). The molecule has 1 aliphatic carbocycles. The number of hydrogen-bond donors (Lipinski definition) is 3. The lowest BCUT2D eigenvalue weighted by atomic mass is 10.0. The second-order valence-electron chi connectivity index (χ2n) is 5.40. The molecule has 2 rings (SSSR count). The minimum Gasteiger partial charge on any atom is -0.478 e. The number of nitrogens with one attached hydrogen (secondary N) is 2. The maximum absolute atomic E-state index is 11.7. The molecule has 5 nitrogen and oxygen atoms in total. The van der Waals surface area contributed by atoms with Crippen LogP contribution in [0.1, 0.15) is 42.1 Å². The quantitative estimate of drug-likeness (QED) is 0.746. The minimum absolute atomic E-state index is 0.203. The molecule has 1 fully saturated rings. The molecule has 0 unspecified atom stereocenters. The van der Waals surface area contributed by atoms with Gasteiger partial charge in [-0.05, 0) is 42.4 Å². The van der Waals surface area contributed by atoms with E-state index >= 15 is 0 Å². The first kappa shape index (κ1) is 14.4. The van der Waals surface area contributed by atoms with E-state index in [-0.39, 0.29) is 11.6 Å². The van der Waals surface area contributed by atoms with E-state index in [1.807, 2.05) is 0 Å². The average molecular weight is 276 g/mol. The molecule has 0 atom stereocenters. The fourth-order valence-corrected chi connectivity index (χ4v) is 2.16.